The molecule has 0 N–H and O–H groups in total. The molecule has 1 aromatic carbocycles. The molecule has 3 aromatic rings. The molecule has 3 rings (SSSR count). The predicted molar refractivity (Wildman–Crippen MR) is 83.1 cm³/mol. The van der Waals surface area contributed by atoms with Gasteiger partial charge in [0.1, 0.15) is 6.61 Å². The van der Waals surface area contributed by atoms with Gasteiger partial charge in [-0.05, 0) is 31.2 Å². The molecular weight excluding hydrogens is 280 g/mol. The van der Waals surface area contributed by atoms with E-state index in [4.69, 9.17) is 13.9 Å². The van der Waals surface area contributed by atoms with Crippen LogP contribution >= 0.6 is 0 Å². The van der Waals surface area contributed by atoms with Gasteiger partial charge in [-0.3, -0.25) is 0 Å². The second-order valence-corrected chi connectivity index (χ2v) is 4.95. The van der Waals surface area contributed by atoms with Crippen LogP contribution in [0.1, 0.15) is 13.0 Å². The third-order valence-corrected chi connectivity index (χ3v) is 3.43. The molecule has 0 radical (unpaired) electrons. The van der Waals surface area contributed by atoms with E-state index in [1.165, 1.54) is 0 Å². The van der Waals surface area contributed by atoms with E-state index in [0.29, 0.717) is 6.61 Å². The van der Waals surface area contributed by atoms with Crippen molar-refractivity contribution in [3.8, 4) is 23.1 Å². The maximum absolute atomic E-state index is 5.88. The Bertz CT molecular complexity index is 719. The van der Waals surface area contributed by atoms with Gasteiger partial charge in [-0.1, -0.05) is 12.1 Å². The molecule has 0 spiro atoms. The van der Waals surface area contributed by atoms with Crippen molar-refractivity contribution in [3.05, 3.63) is 55.1 Å². The number of rotatable bonds is 6. The third-order valence-electron chi connectivity index (χ3n) is 3.43. The van der Waals surface area contributed by atoms with Crippen molar-refractivity contribution in [2.24, 2.45) is 0 Å². The highest BCUT2D eigenvalue weighted by Crippen LogP contribution is 2.27. The largest absolute Gasteiger partial charge is 0.493 e. The number of imidazole rings is 1. The molecule has 1 atom stereocenters. The fourth-order valence-corrected chi connectivity index (χ4v) is 2.29. The summed E-state index contributed by atoms with van der Waals surface area (Å²) in [5.41, 5.74) is 0. The molecule has 0 amide bonds. The number of para-hydroxylation sites is 2. The number of hydrogen-bond acceptors (Lipinski definition) is 4. The van der Waals surface area contributed by atoms with Crippen LogP contribution in [0.25, 0.3) is 11.6 Å². The monoisotopic (exact) mass is 298 g/mol. The summed E-state index contributed by atoms with van der Waals surface area (Å²) in [6.07, 6.45) is 5.33. The van der Waals surface area contributed by atoms with Gasteiger partial charge in [0.25, 0.3) is 0 Å². The van der Waals surface area contributed by atoms with E-state index >= 15 is 0 Å². The van der Waals surface area contributed by atoms with Crippen molar-refractivity contribution in [2.45, 2.75) is 13.0 Å². The Morgan fingerprint density at radius 2 is 2.00 bits per heavy atom. The molecule has 114 valence electrons. The SMILES string of the molecule is COc1ccccc1OC[C@H](C)n1ccnc1-c1ccco1. The van der Waals surface area contributed by atoms with Gasteiger partial charge < -0.3 is 18.5 Å². The van der Waals surface area contributed by atoms with Crippen molar-refractivity contribution >= 4 is 0 Å². The van der Waals surface area contributed by atoms with E-state index in [1.807, 2.05) is 47.2 Å². The molecular formula is C17H18N2O3. The second kappa shape index (κ2) is 6.39. The maximum Gasteiger partial charge on any atom is 0.176 e. The lowest BCUT2D eigenvalue weighted by Gasteiger charge is -2.17. The van der Waals surface area contributed by atoms with Gasteiger partial charge in [-0.15, -0.1) is 0 Å². The van der Waals surface area contributed by atoms with Gasteiger partial charge in [0.15, 0.2) is 23.1 Å². The first-order valence-electron chi connectivity index (χ1n) is 7.12. The molecule has 0 aliphatic rings. The maximum atomic E-state index is 5.88. The summed E-state index contributed by atoms with van der Waals surface area (Å²) < 4.78 is 18.6. The van der Waals surface area contributed by atoms with E-state index in [9.17, 15) is 0 Å². The molecule has 5 heteroatoms. The zero-order chi connectivity index (χ0) is 15.4. The van der Waals surface area contributed by atoms with E-state index in [2.05, 4.69) is 11.9 Å². The fourth-order valence-electron chi connectivity index (χ4n) is 2.29. The van der Waals surface area contributed by atoms with Gasteiger partial charge in [0, 0.05) is 12.4 Å². The zero-order valence-corrected chi connectivity index (χ0v) is 12.6. The molecule has 2 heterocycles. The summed E-state index contributed by atoms with van der Waals surface area (Å²) >= 11 is 0. The van der Waals surface area contributed by atoms with E-state index in [1.54, 1.807) is 19.6 Å². The Kier molecular flexibility index (Phi) is 4.14. The highest BCUT2D eigenvalue weighted by molar-refractivity contribution is 5.47. The summed E-state index contributed by atoms with van der Waals surface area (Å²) in [6, 6.07) is 11.5. The second-order valence-electron chi connectivity index (χ2n) is 4.95. The van der Waals surface area contributed by atoms with E-state index < -0.39 is 0 Å². The topological polar surface area (TPSA) is 49.4 Å². The quantitative estimate of drug-likeness (QED) is 0.694. The minimum atomic E-state index is 0.104. The van der Waals surface area contributed by atoms with Crippen molar-refractivity contribution in [1.29, 1.82) is 0 Å². The first-order valence-corrected chi connectivity index (χ1v) is 7.12. The third kappa shape index (κ3) is 2.83. The smallest absolute Gasteiger partial charge is 0.176 e. The number of aromatic nitrogens is 2. The fraction of sp³-hybridized carbons (Fsp3) is 0.235. The molecule has 0 bridgehead atoms. The van der Waals surface area contributed by atoms with E-state index in [0.717, 1.165) is 23.1 Å². The van der Waals surface area contributed by atoms with Crippen LogP contribution in [-0.4, -0.2) is 23.3 Å². The molecule has 0 saturated heterocycles. The van der Waals surface area contributed by atoms with Gasteiger partial charge >= 0.3 is 0 Å². The molecule has 0 fully saturated rings. The minimum Gasteiger partial charge on any atom is -0.493 e. The van der Waals surface area contributed by atoms with Crippen LogP contribution in [-0.2, 0) is 0 Å². The van der Waals surface area contributed by atoms with Crippen LogP contribution in [0.4, 0.5) is 0 Å². The lowest BCUT2D eigenvalue weighted by Crippen LogP contribution is -2.14. The first kappa shape index (κ1) is 14.3. The van der Waals surface area contributed by atoms with Crippen LogP contribution in [0.15, 0.2) is 59.5 Å². The number of methoxy groups -OCH3 is 1. The molecule has 22 heavy (non-hydrogen) atoms. The number of nitrogens with zero attached hydrogens (tertiary/aromatic N) is 2. The Labute approximate surface area is 129 Å². The van der Waals surface area contributed by atoms with Gasteiger partial charge in [0.2, 0.25) is 0 Å². The summed E-state index contributed by atoms with van der Waals surface area (Å²) in [5.74, 6) is 3.00. The Morgan fingerprint density at radius 1 is 1.18 bits per heavy atom. The lowest BCUT2D eigenvalue weighted by atomic mass is 10.3. The van der Waals surface area contributed by atoms with Gasteiger partial charge in [-0.2, -0.15) is 0 Å². The first-order chi connectivity index (χ1) is 10.8. The standard InChI is InChI=1S/C17H18N2O3/c1-13(12-22-15-7-4-3-6-14(15)20-2)19-10-9-18-17(19)16-8-5-11-21-16/h3-11,13H,12H2,1-2H3/t13-/m0/s1. The van der Waals surface area contributed by atoms with Crippen LogP contribution in [0.3, 0.4) is 0 Å². The van der Waals surface area contributed by atoms with Gasteiger partial charge in [-0.25, -0.2) is 4.98 Å². The molecule has 5 nitrogen and oxygen atoms in total. The Balaban J connectivity index is 1.73. The average Bonchev–Trinajstić information content (AvgIpc) is 3.23. The number of hydrogen-bond donors (Lipinski definition) is 0. The normalized spacial score (nSPS) is 12.1. The highest BCUT2D eigenvalue weighted by atomic mass is 16.5. The van der Waals surface area contributed by atoms with Crippen LogP contribution in [0, 0.1) is 0 Å². The summed E-state index contributed by atoms with van der Waals surface area (Å²) in [5, 5.41) is 0. The minimum absolute atomic E-state index is 0.104. The van der Waals surface area contributed by atoms with Crippen molar-refractivity contribution in [3.63, 3.8) is 0 Å². The summed E-state index contributed by atoms with van der Waals surface area (Å²) in [7, 11) is 1.64. The Morgan fingerprint density at radius 3 is 2.73 bits per heavy atom. The number of benzene rings is 1. The van der Waals surface area contributed by atoms with Crippen LogP contribution in [0.5, 0.6) is 11.5 Å². The molecule has 0 aliphatic heterocycles. The Hall–Kier alpha value is -2.69. The number of furan rings is 1. The molecule has 0 aliphatic carbocycles. The predicted octanol–water partition coefficient (Wildman–Crippen LogP) is 3.79. The molecule has 0 unspecified atom stereocenters. The van der Waals surface area contributed by atoms with Crippen LogP contribution < -0.4 is 9.47 Å². The van der Waals surface area contributed by atoms with E-state index in [-0.39, 0.29) is 6.04 Å². The zero-order valence-electron chi connectivity index (χ0n) is 12.6. The summed E-state index contributed by atoms with van der Waals surface area (Å²) in [4.78, 5) is 4.36. The van der Waals surface area contributed by atoms with Crippen molar-refractivity contribution in [1.82, 2.24) is 9.55 Å². The average molecular weight is 298 g/mol. The van der Waals surface area contributed by atoms with Crippen LogP contribution in [0.2, 0.25) is 0 Å². The number of ether oxygens (including phenoxy) is 2. The highest BCUT2D eigenvalue weighted by Gasteiger charge is 2.15. The van der Waals surface area contributed by atoms with Crippen molar-refractivity contribution in [2.75, 3.05) is 13.7 Å². The lowest BCUT2D eigenvalue weighted by molar-refractivity contribution is 0.249. The molecule has 0 saturated carbocycles. The van der Waals surface area contributed by atoms with Crippen molar-refractivity contribution < 1.29 is 13.9 Å². The summed E-state index contributed by atoms with van der Waals surface area (Å²) in [6.45, 7) is 2.58. The molecule has 2 aromatic heterocycles. The van der Waals surface area contributed by atoms with Gasteiger partial charge in [0.05, 0.1) is 19.4 Å².